The summed E-state index contributed by atoms with van der Waals surface area (Å²) in [5, 5.41) is 20.5. The first kappa shape index (κ1) is 22.7. The number of carbonyl (C=O) groups is 1. The molecular formula is C17H15ClF4N2O5. The van der Waals surface area contributed by atoms with Crippen LogP contribution >= 0.6 is 11.6 Å². The highest BCUT2D eigenvalue weighted by Crippen LogP contribution is 2.36. The zero-order valence-corrected chi connectivity index (χ0v) is 15.4. The summed E-state index contributed by atoms with van der Waals surface area (Å²) in [7, 11) is 0. The summed E-state index contributed by atoms with van der Waals surface area (Å²) in [5.74, 6) is -1.86. The summed E-state index contributed by atoms with van der Waals surface area (Å²) in [5.41, 5.74) is -2.64. The van der Waals surface area contributed by atoms with Crippen LogP contribution in [0.3, 0.4) is 0 Å². The van der Waals surface area contributed by atoms with Crippen LogP contribution in [0.5, 0.6) is 5.75 Å². The monoisotopic (exact) mass is 438 g/mol. The third-order valence-corrected chi connectivity index (χ3v) is 3.95. The Hall–Kier alpha value is -2.60. The largest absolute Gasteiger partial charge is 0.490 e. The zero-order chi connectivity index (χ0) is 21.8. The number of halogens is 5. The average molecular weight is 439 g/mol. The molecule has 0 aliphatic heterocycles. The highest BCUT2D eigenvalue weighted by Gasteiger charge is 2.35. The number of alkyl halides is 3. The number of carbonyl (C=O) groups excluding carboxylic acids is 1. The predicted octanol–water partition coefficient (Wildman–Crippen LogP) is 4.08. The fourth-order valence-electron chi connectivity index (χ4n) is 2.12. The fraction of sp³-hybridized carbons (Fsp3) is 0.235. The third kappa shape index (κ3) is 5.94. The molecular weight excluding hydrogens is 424 g/mol. The van der Waals surface area contributed by atoms with Gasteiger partial charge in [0.05, 0.1) is 16.3 Å². The number of anilines is 2. The summed E-state index contributed by atoms with van der Waals surface area (Å²) >= 11 is 5.54. The maximum Gasteiger partial charge on any atom is 0.418 e. The van der Waals surface area contributed by atoms with E-state index in [0.29, 0.717) is 6.07 Å². The van der Waals surface area contributed by atoms with Crippen LogP contribution in [0.25, 0.3) is 0 Å². The van der Waals surface area contributed by atoms with Gasteiger partial charge in [-0.15, -0.1) is 4.99 Å². The molecule has 0 heterocycles. The second-order valence-corrected chi connectivity index (χ2v) is 6.45. The number of hydrogen-bond donors (Lipinski definition) is 4. The Kier molecular flexibility index (Phi) is 6.90. The van der Waals surface area contributed by atoms with Crippen LogP contribution < -0.4 is 15.5 Å². The second-order valence-electron chi connectivity index (χ2n) is 6.04. The normalized spacial score (nSPS) is 13.5. The lowest BCUT2D eigenvalue weighted by atomic mass is 10.1. The Labute approximate surface area is 166 Å². The van der Waals surface area contributed by atoms with Crippen LogP contribution in [0.15, 0.2) is 36.4 Å². The number of hydrogen-bond acceptors (Lipinski definition) is 6. The number of benzene rings is 2. The molecule has 4 N–H and O–H groups in total. The van der Waals surface area contributed by atoms with Crippen molar-refractivity contribution in [1.29, 1.82) is 0 Å². The molecule has 0 bridgehead atoms. The summed E-state index contributed by atoms with van der Waals surface area (Å²) in [6, 6.07) is 6.03. The van der Waals surface area contributed by atoms with E-state index in [-0.39, 0.29) is 16.5 Å². The van der Waals surface area contributed by atoms with Crippen molar-refractivity contribution in [2.75, 3.05) is 17.4 Å². The maximum atomic E-state index is 13.4. The highest BCUT2D eigenvalue weighted by atomic mass is 35.5. The molecule has 1 amide bonds. The van der Waals surface area contributed by atoms with Crippen molar-refractivity contribution in [3.63, 3.8) is 0 Å². The SMILES string of the molecule is C[C@](O)(COc1ccc(Cl)c(F)c1)C(=O)Nc1ccc(NOO)c(C(F)(F)F)c1. The molecule has 0 unspecified atom stereocenters. The Morgan fingerprint density at radius 1 is 1.21 bits per heavy atom. The third-order valence-electron chi connectivity index (χ3n) is 3.64. The summed E-state index contributed by atoms with van der Waals surface area (Å²) in [4.78, 5) is 15.8. The summed E-state index contributed by atoms with van der Waals surface area (Å²) in [6.07, 6.45) is -4.83. The Bertz CT molecular complexity index is 893. The van der Waals surface area contributed by atoms with E-state index in [1.165, 1.54) is 12.1 Å². The topological polar surface area (TPSA) is 100 Å². The molecule has 0 saturated heterocycles. The van der Waals surface area contributed by atoms with Crippen LogP contribution in [0, 0.1) is 5.82 Å². The van der Waals surface area contributed by atoms with Crippen molar-refractivity contribution in [2.45, 2.75) is 18.7 Å². The van der Waals surface area contributed by atoms with E-state index in [0.717, 1.165) is 25.1 Å². The van der Waals surface area contributed by atoms with Crippen molar-refractivity contribution in [2.24, 2.45) is 0 Å². The minimum atomic E-state index is -4.83. The lowest BCUT2D eigenvalue weighted by Crippen LogP contribution is -2.45. The van der Waals surface area contributed by atoms with Crippen LogP contribution in [0.1, 0.15) is 12.5 Å². The van der Waals surface area contributed by atoms with Gasteiger partial charge in [-0.1, -0.05) is 11.6 Å². The van der Waals surface area contributed by atoms with Gasteiger partial charge in [-0.05, 0) is 37.3 Å². The van der Waals surface area contributed by atoms with E-state index >= 15 is 0 Å². The van der Waals surface area contributed by atoms with Gasteiger partial charge in [-0.25, -0.2) is 15.1 Å². The van der Waals surface area contributed by atoms with Gasteiger partial charge in [0, 0.05) is 11.8 Å². The van der Waals surface area contributed by atoms with Crippen molar-refractivity contribution in [3.05, 3.63) is 52.8 Å². The number of amides is 1. The lowest BCUT2D eigenvalue weighted by molar-refractivity contribution is -0.216. The quantitative estimate of drug-likeness (QED) is 0.295. The molecule has 158 valence electrons. The second kappa shape index (κ2) is 8.82. The van der Waals surface area contributed by atoms with Gasteiger partial charge in [-0.2, -0.15) is 13.2 Å². The van der Waals surface area contributed by atoms with E-state index in [2.05, 4.69) is 10.3 Å². The summed E-state index contributed by atoms with van der Waals surface area (Å²) in [6.45, 7) is 0.443. The van der Waals surface area contributed by atoms with Gasteiger partial charge in [0.1, 0.15) is 18.2 Å². The van der Waals surface area contributed by atoms with Gasteiger partial charge in [0.25, 0.3) is 5.91 Å². The number of aliphatic hydroxyl groups is 1. The molecule has 2 aromatic carbocycles. The van der Waals surface area contributed by atoms with Crippen molar-refractivity contribution < 1.29 is 42.4 Å². The van der Waals surface area contributed by atoms with Gasteiger partial charge < -0.3 is 15.2 Å². The van der Waals surface area contributed by atoms with E-state index < -0.39 is 41.4 Å². The molecule has 0 spiro atoms. The van der Waals surface area contributed by atoms with Gasteiger partial charge in [0.15, 0.2) is 5.60 Å². The van der Waals surface area contributed by atoms with Gasteiger partial charge in [-0.3, -0.25) is 4.79 Å². The van der Waals surface area contributed by atoms with Crippen LogP contribution in [0.2, 0.25) is 5.02 Å². The number of nitrogens with one attached hydrogen (secondary N) is 2. The molecule has 29 heavy (non-hydrogen) atoms. The zero-order valence-electron chi connectivity index (χ0n) is 14.7. The van der Waals surface area contributed by atoms with E-state index in [1.807, 2.05) is 0 Å². The van der Waals surface area contributed by atoms with Gasteiger partial charge in [0.2, 0.25) is 0 Å². The molecule has 0 fully saturated rings. The van der Waals surface area contributed by atoms with Crippen molar-refractivity contribution in [3.8, 4) is 5.75 Å². The molecule has 2 rings (SSSR count). The van der Waals surface area contributed by atoms with Crippen molar-refractivity contribution >= 4 is 28.9 Å². The predicted molar refractivity (Wildman–Crippen MR) is 94.9 cm³/mol. The maximum absolute atomic E-state index is 13.4. The van der Waals surface area contributed by atoms with E-state index in [9.17, 15) is 27.5 Å². The minimum absolute atomic E-state index is 0.0150. The molecule has 0 aliphatic carbocycles. The standard InChI is InChI=1S/C17H15ClF4N2O5/c1-16(26,8-28-10-3-4-12(18)13(19)7-10)15(25)23-9-2-5-14(24-29-27)11(6-9)17(20,21)22/h2-7,24,26-27H,8H2,1H3,(H,23,25)/t16-/m0/s1. The average Bonchev–Trinajstić information content (AvgIpc) is 2.63. The van der Waals surface area contributed by atoms with Crippen LogP contribution in [-0.2, 0) is 16.0 Å². The molecule has 1 atom stereocenters. The number of ether oxygens (including phenoxy) is 1. The van der Waals surface area contributed by atoms with Crippen LogP contribution in [-0.4, -0.2) is 28.5 Å². The first-order valence-electron chi connectivity index (χ1n) is 7.83. The molecule has 0 aromatic heterocycles. The summed E-state index contributed by atoms with van der Waals surface area (Å²) < 4.78 is 57.8. The van der Waals surface area contributed by atoms with Gasteiger partial charge >= 0.3 is 6.18 Å². The minimum Gasteiger partial charge on any atom is -0.490 e. The first-order chi connectivity index (χ1) is 13.4. The molecule has 0 saturated carbocycles. The number of rotatable bonds is 7. The van der Waals surface area contributed by atoms with E-state index in [4.69, 9.17) is 21.6 Å². The Balaban J connectivity index is 2.12. The Morgan fingerprint density at radius 2 is 1.90 bits per heavy atom. The van der Waals surface area contributed by atoms with E-state index in [1.54, 1.807) is 5.48 Å². The molecule has 12 heteroatoms. The first-order valence-corrected chi connectivity index (χ1v) is 8.21. The molecule has 7 nitrogen and oxygen atoms in total. The molecule has 0 aliphatic rings. The molecule has 2 aromatic rings. The smallest absolute Gasteiger partial charge is 0.418 e. The highest BCUT2D eigenvalue weighted by molar-refractivity contribution is 6.30. The Morgan fingerprint density at radius 3 is 2.48 bits per heavy atom. The van der Waals surface area contributed by atoms with Crippen molar-refractivity contribution in [1.82, 2.24) is 0 Å². The lowest BCUT2D eigenvalue weighted by Gasteiger charge is -2.23. The molecule has 0 radical (unpaired) electrons. The van der Waals surface area contributed by atoms with Crippen LogP contribution in [0.4, 0.5) is 28.9 Å². The fourth-order valence-corrected chi connectivity index (χ4v) is 2.23.